The summed E-state index contributed by atoms with van der Waals surface area (Å²) in [6.07, 6.45) is -2.96. The summed E-state index contributed by atoms with van der Waals surface area (Å²) in [7, 11) is 1.07. The van der Waals surface area contributed by atoms with Gasteiger partial charge >= 0.3 is 12.1 Å². The Morgan fingerprint density at radius 3 is 2.32 bits per heavy atom. The molecule has 0 bridgehead atoms. The molecule has 1 aliphatic heterocycles. The molecule has 1 fully saturated rings. The largest absolute Gasteiger partial charge is 0.465 e. The Bertz CT molecular complexity index is 495. The maximum absolute atomic E-state index is 13.1. The molecule has 0 spiro atoms. The van der Waals surface area contributed by atoms with Crippen LogP contribution in [0.25, 0.3) is 0 Å². The first-order valence-electron chi connectivity index (χ1n) is 7.43. The van der Waals surface area contributed by atoms with Crippen LogP contribution in [0.1, 0.15) is 54.1 Å². The van der Waals surface area contributed by atoms with E-state index < -0.39 is 23.3 Å². The van der Waals surface area contributed by atoms with Crippen LogP contribution in [-0.2, 0) is 10.9 Å². The smallest absolute Gasteiger partial charge is 0.417 e. The van der Waals surface area contributed by atoms with E-state index in [0.717, 1.165) is 39.1 Å². The molecule has 2 rings (SSSR count). The van der Waals surface area contributed by atoms with Crippen LogP contribution in [-0.4, -0.2) is 26.2 Å². The van der Waals surface area contributed by atoms with Crippen LogP contribution < -0.4 is 5.32 Å². The zero-order valence-electron chi connectivity index (χ0n) is 13.1. The maximum Gasteiger partial charge on any atom is 0.417 e. The van der Waals surface area contributed by atoms with Crippen molar-refractivity contribution in [1.29, 1.82) is 0 Å². The highest BCUT2D eigenvalue weighted by molar-refractivity contribution is 5.91. The molecule has 22 heavy (non-hydrogen) atoms. The monoisotopic (exact) mass is 317 g/mol. The highest BCUT2D eigenvalue weighted by Gasteiger charge is 2.36. The average Bonchev–Trinajstić information content (AvgIpc) is 2.55. The molecule has 3 nitrogen and oxygen atoms in total. The molecule has 0 unspecified atom stereocenters. The van der Waals surface area contributed by atoms with Crippen molar-refractivity contribution in [3.63, 3.8) is 0 Å². The SMILES string of the molecule is CC.COC(=O)c1ccc(C2CCNCC2)cc1C(F)(F)F. The fraction of sp³-hybridized carbons (Fsp3) is 0.562. The summed E-state index contributed by atoms with van der Waals surface area (Å²) in [5.41, 5.74) is -0.718. The first kappa shape index (κ1) is 18.5. The lowest BCUT2D eigenvalue weighted by molar-refractivity contribution is -0.138. The normalized spacial score (nSPS) is 15.7. The number of carbonyl (C=O) groups is 1. The Labute approximate surface area is 128 Å². The third-order valence-electron chi connectivity index (χ3n) is 3.56. The number of alkyl halides is 3. The van der Waals surface area contributed by atoms with Crippen molar-refractivity contribution in [2.24, 2.45) is 0 Å². The molecule has 1 heterocycles. The molecule has 6 heteroatoms. The summed E-state index contributed by atoms with van der Waals surface area (Å²) < 4.78 is 43.6. The standard InChI is InChI=1S/C14H16F3NO2.C2H6/c1-20-13(19)11-3-2-10(8-12(11)14(15,16)17)9-4-6-18-7-5-9;1-2/h2-3,8-9,18H,4-7H2,1H3;1-2H3. The molecule has 0 radical (unpaired) electrons. The summed E-state index contributed by atoms with van der Waals surface area (Å²) in [5, 5.41) is 3.17. The van der Waals surface area contributed by atoms with Gasteiger partial charge in [0.05, 0.1) is 18.2 Å². The van der Waals surface area contributed by atoms with Crippen LogP contribution in [0.4, 0.5) is 13.2 Å². The summed E-state index contributed by atoms with van der Waals surface area (Å²) in [5.74, 6) is -0.863. The van der Waals surface area contributed by atoms with Gasteiger partial charge in [-0.15, -0.1) is 0 Å². The molecule has 1 aromatic rings. The van der Waals surface area contributed by atoms with Crippen LogP contribution in [0.2, 0.25) is 0 Å². The summed E-state index contributed by atoms with van der Waals surface area (Å²) >= 11 is 0. The van der Waals surface area contributed by atoms with Gasteiger partial charge in [0.15, 0.2) is 0 Å². The number of piperidine rings is 1. The third-order valence-corrected chi connectivity index (χ3v) is 3.56. The highest BCUT2D eigenvalue weighted by atomic mass is 19.4. The number of nitrogens with one attached hydrogen (secondary N) is 1. The molecular weight excluding hydrogens is 295 g/mol. The molecule has 0 amide bonds. The van der Waals surface area contributed by atoms with Crippen molar-refractivity contribution < 1.29 is 22.7 Å². The molecule has 1 aliphatic rings. The highest BCUT2D eigenvalue weighted by Crippen LogP contribution is 2.36. The number of halogens is 3. The van der Waals surface area contributed by atoms with Crippen molar-refractivity contribution >= 4 is 5.97 Å². The molecule has 1 N–H and O–H groups in total. The number of ether oxygens (including phenoxy) is 1. The Kier molecular flexibility index (Phi) is 6.87. The van der Waals surface area contributed by atoms with E-state index >= 15 is 0 Å². The molecule has 124 valence electrons. The fourth-order valence-electron chi connectivity index (χ4n) is 2.49. The molecular formula is C16H22F3NO2. The molecule has 1 saturated heterocycles. The van der Waals surface area contributed by atoms with E-state index in [9.17, 15) is 18.0 Å². The van der Waals surface area contributed by atoms with Gasteiger partial charge < -0.3 is 10.1 Å². The molecule has 1 aromatic carbocycles. The first-order valence-corrected chi connectivity index (χ1v) is 7.43. The van der Waals surface area contributed by atoms with E-state index in [1.54, 1.807) is 6.07 Å². The number of hydrogen-bond acceptors (Lipinski definition) is 3. The van der Waals surface area contributed by atoms with Crippen molar-refractivity contribution in [1.82, 2.24) is 5.32 Å². The van der Waals surface area contributed by atoms with Crippen molar-refractivity contribution in [3.05, 3.63) is 34.9 Å². The molecule has 0 atom stereocenters. The number of esters is 1. The Morgan fingerprint density at radius 1 is 1.23 bits per heavy atom. The summed E-state index contributed by atoms with van der Waals surface area (Å²) in [4.78, 5) is 11.4. The molecule has 0 saturated carbocycles. The van der Waals surface area contributed by atoms with Crippen molar-refractivity contribution in [2.75, 3.05) is 20.2 Å². The summed E-state index contributed by atoms with van der Waals surface area (Å²) in [6, 6.07) is 3.89. The van der Waals surface area contributed by atoms with E-state index in [1.165, 1.54) is 6.07 Å². The number of methoxy groups -OCH3 is 1. The van der Waals surface area contributed by atoms with Gasteiger partial charge in [0, 0.05) is 0 Å². The second kappa shape index (κ2) is 8.17. The number of hydrogen-bond donors (Lipinski definition) is 1. The number of carbonyl (C=O) groups excluding carboxylic acids is 1. The fourth-order valence-corrected chi connectivity index (χ4v) is 2.49. The second-order valence-corrected chi connectivity index (χ2v) is 4.82. The lowest BCUT2D eigenvalue weighted by atomic mass is 9.88. The predicted molar refractivity (Wildman–Crippen MR) is 79.0 cm³/mol. The molecule has 0 aliphatic carbocycles. The van der Waals surface area contributed by atoms with Crippen LogP contribution in [0, 0.1) is 0 Å². The second-order valence-electron chi connectivity index (χ2n) is 4.82. The molecule has 0 aromatic heterocycles. The van der Waals surface area contributed by atoms with E-state index in [1.807, 2.05) is 13.8 Å². The van der Waals surface area contributed by atoms with Gasteiger partial charge in [-0.2, -0.15) is 13.2 Å². The predicted octanol–water partition coefficient (Wildman–Crippen LogP) is 3.99. The van der Waals surface area contributed by atoms with Gasteiger partial charge in [0.2, 0.25) is 0 Å². The van der Waals surface area contributed by atoms with E-state index in [4.69, 9.17) is 0 Å². The van der Waals surface area contributed by atoms with Crippen LogP contribution in [0.3, 0.4) is 0 Å². The minimum Gasteiger partial charge on any atom is -0.465 e. The quantitative estimate of drug-likeness (QED) is 0.838. The van der Waals surface area contributed by atoms with Gasteiger partial charge in [-0.1, -0.05) is 19.9 Å². The third kappa shape index (κ3) is 4.47. The van der Waals surface area contributed by atoms with Crippen LogP contribution >= 0.6 is 0 Å². The lowest BCUT2D eigenvalue weighted by Crippen LogP contribution is -2.27. The van der Waals surface area contributed by atoms with E-state index in [0.29, 0.717) is 5.56 Å². The number of benzene rings is 1. The van der Waals surface area contributed by atoms with Gasteiger partial charge in [-0.05, 0) is 49.5 Å². The Morgan fingerprint density at radius 2 is 1.82 bits per heavy atom. The average molecular weight is 317 g/mol. The maximum atomic E-state index is 13.1. The van der Waals surface area contributed by atoms with Gasteiger partial charge in [0.25, 0.3) is 0 Å². The Hall–Kier alpha value is -1.56. The zero-order chi connectivity index (χ0) is 16.8. The van der Waals surface area contributed by atoms with E-state index in [-0.39, 0.29) is 5.92 Å². The first-order chi connectivity index (χ1) is 10.4. The van der Waals surface area contributed by atoms with Crippen molar-refractivity contribution in [3.8, 4) is 0 Å². The van der Waals surface area contributed by atoms with Gasteiger partial charge in [-0.25, -0.2) is 4.79 Å². The number of rotatable bonds is 2. The van der Waals surface area contributed by atoms with Crippen LogP contribution in [0.5, 0.6) is 0 Å². The van der Waals surface area contributed by atoms with E-state index in [2.05, 4.69) is 10.1 Å². The Balaban J connectivity index is 0.00000116. The lowest BCUT2D eigenvalue weighted by Gasteiger charge is -2.24. The minimum absolute atomic E-state index is 0.101. The van der Waals surface area contributed by atoms with Crippen molar-refractivity contribution in [2.45, 2.75) is 38.8 Å². The minimum atomic E-state index is -4.56. The zero-order valence-corrected chi connectivity index (χ0v) is 13.1. The van der Waals surface area contributed by atoms with Gasteiger partial charge in [0.1, 0.15) is 0 Å². The summed E-state index contributed by atoms with van der Waals surface area (Å²) in [6.45, 7) is 5.59. The topological polar surface area (TPSA) is 38.3 Å². The van der Waals surface area contributed by atoms with Gasteiger partial charge in [-0.3, -0.25) is 0 Å². The van der Waals surface area contributed by atoms with Crippen LogP contribution in [0.15, 0.2) is 18.2 Å².